The van der Waals surface area contributed by atoms with Gasteiger partial charge in [0.25, 0.3) is 0 Å². The third kappa shape index (κ3) is 4.59. The maximum absolute atomic E-state index is 12.4. The van der Waals surface area contributed by atoms with Crippen LogP contribution >= 0.6 is 12.4 Å². The SMILES string of the molecule is CN(Cc1ccccc1-c1ccccc1)C(=O)CC1CCCN1.Cl. The molecule has 4 heteroatoms. The Morgan fingerprint density at radius 1 is 1.12 bits per heavy atom. The smallest absolute Gasteiger partial charge is 0.224 e. The van der Waals surface area contributed by atoms with E-state index in [9.17, 15) is 4.79 Å². The highest BCUT2D eigenvalue weighted by atomic mass is 35.5. The van der Waals surface area contributed by atoms with Crippen LogP contribution in [0.4, 0.5) is 0 Å². The highest BCUT2D eigenvalue weighted by molar-refractivity contribution is 5.85. The molecule has 1 fully saturated rings. The Bertz CT molecular complexity index is 654. The lowest BCUT2D eigenvalue weighted by Crippen LogP contribution is -2.33. The monoisotopic (exact) mass is 344 g/mol. The summed E-state index contributed by atoms with van der Waals surface area (Å²) >= 11 is 0. The molecule has 0 bridgehead atoms. The van der Waals surface area contributed by atoms with Crippen LogP contribution in [0.1, 0.15) is 24.8 Å². The van der Waals surface area contributed by atoms with Crippen LogP contribution in [-0.4, -0.2) is 30.4 Å². The summed E-state index contributed by atoms with van der Waals surface area (Å²) < 4.78 is 0. The molecular formula is C20H25ClN2O. The zero-order chi connectivity index (χ0) is 16.1. The molecule has 24 heavy (non-hydrogen) atoms. The van der Waals surface area contributed by atoms with Crippen molar-refractivity contribution in [1.29, 1.82) is 0 Å². The summed E-state index contributed by atoms with van der Waals surface area (Å²) in [6.45, 7) is 1.69. The molecule has 1 saturated heterocycles. The number of benzene rings is 2. The number of carbonyl (C=O) groups excluding carboxylic acids is 1. The summed E-state index contributed by atoms with van der Waals surface area (Å²) in [5.74, 6) is 0.215. The quantitative estimate of drug-likeness (QED) is 0.892. The molecule has 2 aromatic rings. The van der Waals surface area contributed by atoms with Crippen LogP contribution in [0.2, 0.25) is 0 Å². The second-order valence-corrected chi connectivity index (χ2v) is 6.27. The minimum Gasteiger partial charge on any atom is -0.341 e. The Hall–Kier alpha value is -1.84. The number of halogens is 1. The predicted octanol–water partition coefficient (Wildman–Crippen LogP) is 3.88. The van der Waals surface area contributed by atoms with Crippen molar-refractivity contribution in [3.05, 3.63) is 60.2 Å². The second kappa shape index (κ2) is 8.86. The van der Waals surface area contributed by atoms with Crippen LogP contribution in [0.15, 0.2) is 54.6 Å². The molecule has 2 aromatic carbocycles. The molecule has 0 radical (unpaired) electrons. The van der Waals surface area contributed by atoms with Crippen molar-refractivity contribution in [3.63, 3.8) is 0 Å². The molecule has 0 aromatic heterocycles. The standard InChI is InChI=1S/C20H24N2O.ClH/c1-22(20(23)14-18-11-7-13-21-18)15-17-10-5-6-12-19(17)16-8-3-2-4-9-16;/h2-6,8-10,12,18,21H,7,11,13-15H2,1H3;1H. The lowest BCUT2D eigenvalue weighted by molar-refractivity contribution is -0.130. The molecule has 3 rings (SSSR count). The van der Waals surface area contributed by atoms with Gasteiger partial charge in [0.15, 0.2) is 0 Å². The van der Waals surface area contributed by atoms with Crippen molar-refractivity contribution < 1.29 is 4.79 Å². The highest BCUT2D eigenvalue weighted by Gasteiger charge is 2.20. The fraction of sp³-hybridized carbons (Fsp3) is 0.350. The van der Waals surface area contributed by atoms with E-state index in [1.165, 1.54) is 23.1 Å². The Kier molecular flexibility index (Phi) is 6.83. The van der Waals surface area contributed by atoms with Gasteiger partial charge in [0, 0.05) is 26.1 Å². The lowest BCUT2D eigenvalue weighted by Gasteiger charge is -2.21. The molecule has 1 unspecified atom stereocenters. The third-order valence-corrected chi connectivity index (χ3v) is 4.52. The highest BCUT2D eigenvalue weighted by Crippen LogP contribution is 2.24. The van der Waals surface area contributed by atoms with Gasteiger partial charge in [0.05, 0.1) is 0 Å². The molecular weight excluding hydrogens is 320 g/mol. The van der Waals surface area contributed by atoms with Gasteiger partial charge >= 0.3 is 0 Å². The van der Waals surface area contributed by atoms with Crippen molar-refractivity contribution in [1.82, 2.24) is 10.2 Å². The lowest BCUT2D eigenvalue weighted by atomic mass is 9.99. The van der Waals surface area contributed by atoms with Gasteiger partial charge in [0.2, 0.25) is 5.91 Å². The Morgan fingerprint density at radius 2 is 1.83 bits per heavy atom. The number of nitrogens with zero attached hydrogens (tertiary/aromatic N) is 1. The van der Waals surface area contributed by atoms with Crippen molar-refractivity contribution in [3.8, 4) is 11.1 Å². The summed E-state index contributed by atoms with van der Waals surface area (Å²) in [6, 6.07) is 19.0. The summed E-state index contributed by atoms with van der Waals surface area (Å²) in [4.78, 5) is 14.3. The second-order valence-electron chi connectivity index (χ2n) is 6.27. The van der Waals surface area contributed by atoms with E-state index < -0.39 is 0 Å². The van der Waals surface area contributed by atoms with E-state index in [1.807, 2.05) is 36.2 Å². The normalized spacial score (nSPS) is 16.5. The van der Waals surface area contributed by atoms with Crippen LogP contribution in [0.25, 0.3) is 11.1 Å². The van der Waals surface area contributed by atoms with Crippen molar-refractivity contribution in [2.45, 2.75) is 31.8 Å². The van der Waals surface area contributed by atoms with E-state index in [2.05, 4.69) is 35.6 Å². The maximum Gasteiger partial charge on any atom is 0.224 e. The summed E-state index contributed by atoms with van der Waals surface area (Å²) in [5, 5.41) is 3.40. The van der Waals surface area contributed by atoms with Gasteiger partial charge in [-0.15, -0.1) is 12.4 Å². The van der Waals surface area contributed by atoms with E-state index in [4.69, 9.17) is 0 Å². The first-order valence-electron chi connectivity index (χ1n) is 8.35. The van der Waals surface area contributed by atoms with E-state index in [-0.39, 0.29) is 18.3 Å². The minimum absolute atomic E-state index is 0. The molecule has 1 aliphatic heterocycles. The number of hydrogen-bond acceptors (Lipinski definition) is 2. The topological polar surface area (TPSA) is 32.3 Å². The summed E-state index contributed by atoms with van der Waals surface area (Å²) in [7, 11) is 1.90. The summed E-state index contributed by atoms with van der Waals surface area (Å²) in [5.41, 5.74) is 3.59. The number of hydrogen-bond donors (Lipinski definition) is 1. The molecule has 0 spiro atoms. The molecule has 1 heterocycles. The number of carbonyl (C=O) groups is 1. The number of amides is 1. The molecule has 1 amide bonds. The van der Waals surface area contributed by atoms with Crippen molar-refractivity contribution in [2.75, 3.05) is 13.6 Å². The first-order valence-corrected chi connectivity index (χ1v) is 8.35. The molecule has 1 N–H and O–H groups in total. The average Bonchev–Trinajstić information content (AvgIpc) is 3.09. The molecule has 128 valence electrons. The number of nitrogens with one attached hydrogen (secondary N) is 1. The zero-order valence-corrected chi connectivity index (χ0v) is 14.9. The largest absolute Gasteiger partial charge is 0.341 e. The number of rotatable bonds is 5. The van der Waals surface area contributed by atoms with Gasteiger partial charge in [-0.1, -0.05) is 54.6 Å². The van der Waals surface area contributed by atoms with Crippen LogP contribution in [0.3, 0.4) is 0 Å². The fourth-order valence-corrected chi connectivity index (χ4v) is 3.20. The van der Waals surface area contributed by atoms with Crippen LogP contribution in [0, 0.1) is 0 Å². The maximum atomic E-state index is 12.4. The van der Waals surface area contributed by atoms with Crippen molar-refractivity contribution in [2.24, 2.45) is 0 Å². The van der Waals surface area contributed by atoms with E-state index in [0.717, 1.165) is 13.0 Å². The van der Waals surface area contributed by atoms with Crippen LogP contribution in [-0.2, 0) is 11.3 Å². The summed E-state index contributed by atoms with van der Waals surface area (Å²) in [6.07, 6.45) is 2.89. The zero-order valence-electron chi connectivity index (χ0n) is 14.1. The molecule has 0 aliphatic carbocycles. The predicted molar refractivity (Wildman–Crippen MR) is 101 cm³/mol. The minimum atomic E-state index is 0. The molecule has 1 atom stereocenters. The molecule has 3 nitrogen and oxygen atoms in total. The van der Waals surface area contributed by atoms with Gasteiger partial charge in [-0.25, -0.2) is 0 Å². The van der Waals surface area contributed by atoms with Crippen LogP contribution in [0.5, 0.6) is 0 Å². The fourth-order valence-electron chi connectivity index (χ4n) is 3.20. The molecule has 0 saturated carbocycles. The Labute approximate surface area is 150 Å². The molecule has 1 aliphatic rings. The van der Waals surface area contributed by atoms with Gasteiger partial charge in [-0.05, 0) is 36.1 Å². The van der Waals surface area contributed by atoms with Gasteiger partial charge < -0.3 is 10.2 Å². The van der Waals surface area contributed by atoms with E-state index in [1.54, 1.807) is 0 Å². The average molecular weight is 345 g/mol. The van der Waals surface area contributed by atoms with Crippen LogP contribution < -0.4 is 5.32 Å². The first kappa shape index (κ1) is 18.5. The Balaban J connectivity index is 0.00000208. The van der Waals surface area contributed by atoms with Gasteiger partial charge in [-0.3, -0.25) is 4.79 Å². The van der Waals surface area contributed by atoms with Gasteiger partial charge in [-0.2, -0.15) is 0 Å². The Morgan fingerprint density at radius 3 is 2.54 bits per heavy atom. The van der Waals surface area contributed by atoms with Crippen molar-refractivity contribution >= 4 is 18.3 Å². The van der Waals surface area contributed by atoms with Gasteiger partial charge in [0.1, 0.15) is 0 Å². The van der Waals surface area contributed by atoms with E-state index in [0.29, 0.717) is 19.0 Å². The third-order valence-electron chi connectivity index (χ3n) is 4.52. The van der Waals surface area contributed by atoms with E-state index >= 15 is 0 Å². The first-order chi connectivity index (χ1) is 11.2.